The van der Waals surface area contributed by atoms with Gasteiger partial charge in [0.25, 0.3) is 0 Å². The van der Waals surface area contributed by atoms with Gasteiger partial charge in [0, 0.05) is 55.6 Å². The fraction of sp³-hybridized carbons (Fsp3) is 0.345. The molecule has 6 rings (SSSR count). The molecule has 0 radical (unpaired) electrons. The van der Waals surface area contributed by atoms with Gasteiger partial charge in [-0.25, -0.2) is 9.50 Å². The molecule has 3 aromatic heterocycles. The lowest BCUT2D eigenvalue weighted by Gasteiger charge is -2.34. The predicted molar refractivity (Wildman–Crippen MR) is 150 cm³/mol. The number of hydrogen-bond donors (Lipinski definition) is 2. The Morgan fingerprint density at radius 3 is 2.50 bits per heavy atom. The average Bonchev–Trinajstić information content (AvgIpc) is 3.51. The van der Waals surface area contributed by atoms with Gasteiger partial charge in [0.15, 0.2) is 5.82 Å². The van der Waals surface area contributed by atoms with Crippen LogP contribution in [0.4, 0.5) is 5.82 Å². The highest BCUT2D eigenvalue weighted by Crippen LogP contribution is 2.32. The van der Waals surface area contributed by atoms with E-state index in [1.54, 1.807) is 0 Å². The van der Waals surface area contributed by atoms with Gasteiger partial charge in [-0.1, -0.05) is 42.5 Å². The van der Waals surface area contributed by atoms with Gasteiger partial charge < -0.3 is 15.7 Å². The van der Waals surface area contributed by atoms with E-state index in [1.807, 2.05) is 15.3 Å². The summed E-state index contributed by atoms with van der Waals surface area (Å²) < 4.78 is 3.95. The van der Waals surface area contributed by atoms with Crippen molar-refractivity contribution in [1.82, 2.24) is 34.2 Å². The number of aryl methyl sites for hydroxylation is 1. The minimum absolute atomic E-state index is 0.233. The third-order valence-electron chi connectivity index (χ3n) is 7.50. The van der Waals surface area contributed by atoms with E-state index < -0.39 is 0 Å². The zero-order valence-electron chi connectivity index (χ0n) is 21.6. The number of piperazine rings is 1. The zero-order valence-corrected chi connectivity index (χ0v) is 21.6. The van der Waals surface area contributed by atoms with Crippen molar-refractivity contribution in [3.63, 3.8) is 0 Å². The Labute approximate surface area is 222 Å². The van der Waals surface area contributed by atoms with E-state index in [4.69, 9.17) is 15.9 Å². The van der Waals surface area contributed by atoms with Gasteiger partial charge in [-0.05, 0) is 42.6 Å². The Bertz CT molecular complexity index is 1520. The summed E-state index contributed by atoms with van der Waals surface area (Å²) in [6.45, 7) is 6.92. The monoisotopic (exact) mass is 510 g/mol. The van der Waals surface area contributed by atoms with Crippen LogP contribution < -0.4 is 5.73 Å². The Morgan fingerprint density at radius 2 is 1.71 bits per heavy atom. The van der Waals surface area contributed by atoms with Crippen LogP contribution >= 0.6 is 0 Å². The Balaban J connectivity index is 1.21. The lowest BCUT2D eigenvalue weighted by Crippen LogP contribution is -2.47. The van der Waals surface area contributed by atoms with E-state index in [-0.39, 0.29) is 6.61 Å². The number of anilines is 1. The summed E-state index contributed by atoms with van der Waals surface area (Å²) in [5.74, 6) is 0.482. The van der Waals surface area contributed by atoms with E-state index >= 15 is 0 Å². The third-order valence-corrected chi connectivity index (χ3v) is 7.50. The molecule has 3 N–H and O–H groups in total. The molecule has 1 aliphatic rings. The number of fused-ring (bicyclic) bond motifs is 2. The number of hydrogen-bond acceptors (Lipinski definition) is 7. The number of aromatic nitrogens is 5. The fourth-order valence-electron chi connectivity index (χ4n) is 5.48. The first kappa shape index (κ1) is 24.5. The van der Waals surface area contributed by atoms with Crippen LogP contribution in [0.15, 0.2) is 67.1 Å². The average molecular weight is 511 g/mol. The van der Waals surface area contributed by atoms with Gasteiger partial charge in [-0.3, -0.25) is 9.58 Å². The van der Waals surface area contributed by atoms with E-state index in [9.17, 15) is 0 Å². The summed E-state index contributed by atoms with van der Waals surface area (Å²) >= 11 is 0. The second-order valence-electron chi connectivity index (χ2n) is 10.1. The number of benzene rings is 2. The second kappa shape index (κ2) is 10.9. The molecule has 0 saturated carbocycles. The van der Waals surface area contributed by atoms with Crippen LogP contribution in [0.2, 0.25) is 0 Å². The number of nitrogens with two attached hydrogens (primary N) is 1. The highest BCUT2D eigenvalue weighted by Gasteiger charge is 2.18. The Kier molecular flexibility index (Phi) is 7.04. The zero-order chi connectivity index (χ0) is 25.9. The molecule has 9 heteroatoms. The summed E-state index contributed by atoms with van der Waals surface area (Å²) in [4.78, 5) is 9.12. The SMILES string of the molecule is Nc1ncnn2c(CCCN3CCN(CCO)CC3)cc(-c3ccc4cn(Cc5ccccc5)nc4c3)c12. The molecular formula is C29H34N8O. The lowest BCUT2D eigenvalue weighted by atomic mass is 10.0. The van der Waals surface area contributed by atoms with Crippen molar-refractivity contribution in [2.75, 3.05) is 51.6 Å². The van der Waals surface area contributed by atoms with Gasteiger partial charge in [0.1, 0.15) is 11.8 Å². The molecule has 1 fully saturated rings. The molecule has 0 unspecified atom stereocenters. The molecule has 0 atom stereocenters. The smallest absolute Gasteiger partial charge is 0.151 e. The molecule has 38 heavy (non-hydrogen) atoms. The minimum Gasteiger partial charge on any atom is -0.395 e. The highest BCUT2D eigenvalue weighted by molar-refractivity contribution is 5.92. The highest BCUT2D eigenvalue weighted by atomic mass is 16.3. The van der Waals surface area contributed by atoms with Gasteiger partial charge in [-0.2, -0.15) is 10.2 Å². The largest absolute Gasteiger partial charge is 0.395 e. The predicted octanol–water partition coefficient (Wildman–Crippen LogP) is 2.92. The van der Waals surface area contributed by atoms with Gasteiger partial charge >= 0.3 is 0 Å². The number of rotatable bonds is 9. The molecule has 1 saturated heterocycles. The molecule has 4 heterocycles. The van der Waals surface area contributed by atoms with Crippen LogP contribution in [-0.4, -0.2) is 85.2 Å². The Morgan fingerprint density at radius 1 is 0.921 bits per heavy atom. The van der Waals surface area contributed by atoms with Gasteiger partial charge in [0.05, 0.1) is 18.7 Å². The molecule has 0 spiro atoms. The van der Waals surface area contributed by atoms with Crippen molar-refractivity contribution in [3.05, 3.63) is 78.4 Å². The quantitative estimate of drug-likeness (QED) is 0.314. The normalized spacial score (nSPS) is 15.1. The van der Waals surface area contributed by atoms with Crippen molar-refractivity contribution in [2.24, 2.45) is 0 Å². The molecule has 1 aliphatic heterocycles. The summed E-state index contributed by atoms with van der Waals surface area (Å²) in [6.07, 6.45) is 5.57. The van der Waals surface area contributed by atoms with Crippen molar-refractivity contribution in [1.29, 1.82) is 0 Å². The van der Waals surface area contributed by atoms with Crippen molar-refractivity contribution in [3.8, 4) is 11.1 Å². The molecule has 2 aromatic carbocycles. The number of aliphatic hydroxyl groups excluding tert-OH is 1. The fourth-order valence-corrected chi connectivity index (χ4v) is 5.48. The second-order valence-corrected chi connectivity index (χ2v) is 10.1. The maximum Gasteiger partial charge on any atom is 0.151 e. The molecule has 0 amide bonds. The van der Waals surface area contributed by atoms with E-state index in [0.29, 0.717) is 5.82 Å². The minimum atomic E-state index is 0.233. The lowest BCUT2D eigenvalue weighted by molar-refractivity contribution is 0.112. The van der Waals surface area contributed by atoms with Crippen molar-refractivity contribution >= 4 is 22.2 Å². The van der Waals surface area contributed by atoms with Crippen LogP contribution in [0, 0.1) is 0 Å². The van der Waals surface area contributed by atoms with Gasteiger partial charge in [-0.15, -0.1) is 0 Å². The van der Waals surface area contributed by atoms with E-state index in [2.05, 4.69) is 74.6 Å². The molecular weight excluding hydrogens is 476 g/mol. The van der Waals surface area contributed by atoms with Crippen molar-refractivity contribution < 1.29 is 5.11 Å². The number of aliphatic hydroxyl groups is 1. The van der Waals surface area contributed by atoms with Crippen LogP contribution in [0.3, 0.4) is 0 Å². The van der Waals surface area contributed by atoms with Crippen LogP contribution in [0.25, 0.3) is 27.5 Å². The molecule has 0 bridgehead atoms. The first-order valence-corrected chi connectivity index (χ1v) is 13.4. The van der Waals surface area contributed by atoms with Crippen LogP contribution in [-0.2, 0) is 13.0 Å². The maximum absolute atomic E-state index is 9.17. The summed E-state index contributed by atoms with van der Waals surface area (Å²) in [5, 5.41) is 19.7. The Hall–Kier alpha value is -3.79. The molecule has 0 aliphatic carbocycles. The first-order valence-electron chi connectivity index (χ1n) is 13.4. The number of β-amino-alcohol motifs (C(OH)–C–C–N with tert-alkyl or cyclic N) is 1. The molecule has 196 valence electrons. The third kappa shape index (κ3) is 5.13. The van der Waals surface area contributed by atoms with Gasteiger partial charge in [0.2, 0.25) is 0 Å². The maximum atomic E-state index is 9.17. The molecule has 9 nitrogen and oxygen atoms in total. The van der Waals surface area contributed by atoms with Crippen LogP contribution in [0.1, 0.15) is 17.7 Å². The topological polar surface area (TPSA) is 101 Å². The summed E-state index contributed by atoms with van der Waals surface area (Å²) in [5.41, 5.74) is 12.6. The standard InChI is InChI=1S/C29H34N8O/c30-29-28-26(23-8-9-24-20-36(33-27(24)17-23)19-22-5-2-1-3-6-22)18-25(37(28)32-21-31-29)7-4-10-34-11-13-35(14-12-34)15-16-38/h1-3,5-6,8-9,17-18,20-21,38H,4,7,10-16,19H2,(H2,30,31,32). The van der Waals surface area contributed by atoms with Crippen LogP contribution in [0.5, 0.6) is 0 Å². The number of nitrogen functional groups attached to an aromatic ring is 1. The van der Waals surface area contributed by atoms with E-state index in [1.165, 1.54) is 11.9 Å². The molecule has 5 aromatic rings. The van der Waals surface area contributed by atoms with Crippen molar-refractivity contribution in [2.45, 2.75) is 19.4 Å². The first-order chi connectivity index (χ1) is 18.7. The summed E-state index contributed by atoms with van der Waals surface area (Å²) in [6, 6.07) is 19.0. The van der Waals surface area contributed by atoms with E-state index in [0.717, 1.165) is 91.9 Å². The summed E-state index contributed by atoms with van der Waals surface area (Å²) in [7, 11) is 0. The number of nitrogens with zero attached hydrogens (tertiary/aromatic N) is 7.